The van der Waals surface area contributed by atoms with Crippen LogP contribution in [0.25, 0.3) is 0 Å². The molecule has 0 aliphatic rings. The number of oxime groups is 1. The summed E-state index contributed by atoms with van der Waals surface area (Å²) in [5.74, 6) is -0.289. The molecule has 0 aromatic rings. The van der Waals surface area contributed by atoms with Crippen molar-refractivity contribution in [1.82, 2.24) is 0 Å². The molecule has 0 radical (unpaired) electrons. The van der Waals surface area contributed by atoms with Gasteiger partial charge in [-0.1, -0.05) is 12.1 Å². The molecule has 0 fully saturated rings. The molecule has 0 saturated carbocycles. The van der Waals surface area contributed by atoms with Crippen molar-refractivity contribution in [2.75, 3.05) is 6.61 Å². The number of hydrogen-bond acceptors (Lipinski definition) is 4. The fourth-order valence-corrected chi connectivity index (χ4v) is 0.316. The Bertz CT molecular complexity index is 142. The molecule has 0 atom stereocenters. The molecule has 0 aliphatic heterocycles. The van der Waals surface area contributed by atoms with E-state index in [1.54, 1.807) is 13.8 Å². The van der Waals surface area contributed by atoms with Crippen LogP contribution in [-0.4, -0.2) is 23.5 Å². The summed E-state index contributed by atoms with van der Waals surface area (Å²) in [6, 6.07) is 0. The van der Waals surface area contributed by atoms with Crippen LogP contribution in [0.15, 0.2) is 5.16 Å². The number of carbonyl (C=O) groups is 1. The molecule has 0 bridgehead atoms. The maximum Gasteiger partial charge on any atom is 0.305 e. The molecule has 58 valence electrons. The van der Waals surface area contributed by atoms with Gasteiger partial charge in [-0.05, 0) is 6.92 Å². The molecule has 0 spiro atoms. The lowest BCUT2D eigenvalue weighted by atomic mass is 10.4. The molecule has 4 heteroatoms. The van der Waals surface area contributed by atoms with Crippen LogP contribution < -0.4 is 0 Å². The second kappa shape index (κ2) is 4.78. The zero-order valence-electron chi connectivity index (χ0n) is 6.13. The van der Waals surface area contributed by atoms with Crippen LogP contribution in [-0.2, 0) is 9.53 Å². The SMILES string of the molecule is CCC(=O)OCC(C)=NO. The molecule has 0 amide bonds. The summed E-state index contributed by atoms with van der Waals surface area (Å²) >= 11 is 0. The van der Waals surface area contributed by atoms with E-state index >= 15 is 0 Å². The molecule has 1 N–H and O–H groups in total. The zero-order chi connectivity index (χ0) is 7.98. The first-order valence-electron chi connectivity index (χ1n) is 3.03. The highest BCUT2D eigenvalue weighted by Gasteiger charge is 1.98. The molecular weight excluding hydrogens is 134 g/mol. The highest BCUT2D eigenvalue weighted by atomic mass is 16.5. The largest absolute Gasteiger partial charge is 0.459 e. The third-order valence-electron chi connectivity index (χ3n) is 0.901. The monoisotopic (exact) mass is 145 g/mol. The van der Waals surface area contributed by atoms with E-state index < -0.39 is 0 Å². The summed E-state index contributed by atoms with van der Waals surface area (Å²) in [7, 11) is 0. The van der Waals surface area contributed by atoms with E-state index in [9.17, 15) is 4.79 Å². The van der Waals surface area contributed by atoms with Gasteiger partial charge in [0.05, 0.1) is 5.71 Å². The lowest BCUT2D eigenvalue weighted by molar-refractivity contribution is -0.141. The maximum absolute atomic E-state index is 10.5. The van der Waals surface area contributed by atoms with Gasteiger partial charge in [0, 0.05) is 6.42 Å². The molecule has 0 unspecified atom stereocenters. The van der Waals surface area contributed by atoms with Gasteiger partial charge >= 0.3 is 5.97 Å². The van der Waals surface area contributed by atoms with Crippen LogP contribution >= 0.6 is 0 Å². The third kappa shape index (κ3) is 3.88. The van der Waals surface area contributed by atoms with Gasteiger partial charge in [-0.25, -0.2) is 0 Å². The molecule has 0 aromatic carbocycles. The number of carbonyl (C=O) groups excluding carboxylic acids is 1. The van der Waals surface area contributed by atoms with Gasteiger partial charge in [-0.2, -0.15) is 0 Å². The predicted molar refractivity (Wildman–Crippen MR) is 36.1 cm³/mol. The quantitative estimate of drug-likeness (QED) is 0.276. The Kier molecular flexibility index (Phi) is 4.28. The van der Waals surface area contributed by atoms with Crippen molar-refractivity contribution in [2.24, 2.45) is 5.16 Å². The Morgan fingerprint density at radius 2 is 2.30 bits per heavy atom. The van der Waals surface area contributed by atoms with Crippen LogP contribution in [0, 0.1) is 0 Å². The van der Waals surface area contributed by atoms with E-state index in [4.69, 9.17) is 5.21 Å². The van der Waals surface area contributed by atoms with E-state index in [1.807, 2.05) is 0 Å². The van der Waals surface area contributed by atoms with Gasteiger partial charge in [0.2, 0.25) is 0 Å². The first kappa shape index (κ1) is 8.94. The molecule has 0 rings (SSSR count). The molecule has 10 heavy (non-hydrogen) atoms. The van der Waals surface area contributed by atoms with Crippen molar-refractivity contribution in [3.8, 4) is 0 Å². The topological polar surface area (TPSA) is 58.9 Å². The summed E-state index contributed by atoms with van der Waals surface area (Å²) in [6.07, 6.45) is 0.346. The average Bonchev–Trinajstić information content (AvgIpc) is 1.99. The number of nitrogens with zero attached hydrogens (tertiary/aromatic N) is 1. The van der Waals surface area contributed by atoms with Crippen molar-refractivity contribution < 1.29 is 14.7 Å². The summed E-state index contributed by atoms with van der Waals surface area (Å²) < 4.78 is 4.61. The Hall–Kier alpha value is -1.06. The van der Waals surface area contributed by atoms with Crippen LogP contribution in [0.5, 0.6) is 0 Å². The summed E-state index contributed by atoms with van der Waals surface area (Å²) in [4.78, 5) is 10.5. The Balaban J connectivity index is 3.45. The second-order valence-corrected chi connectivity index (χ2v) is 1.85. The lowest BCUT2D eigenvalue weighted by Gasteiger charge is -1.99. The molecule has 0 heterocycles. The first-order chi connectivity index (χ1) is 4.70. The van der Waals surface area contributed by atoms with Crippen molar-refractivity contribution in [1.29, 1.82) is 0 Å². The van der Waals surface area contributed by atoms with Crippen LogP contribution in [0.4, 0.5) is 0 Å². The number of hydrogen-bond donors (Lipinski definition) is 1. The van der Waals surface area contributed by atoms with Crippen LogP contribution in [0.2, 0.25) is 0 Å². The van der Waals surface area contributed by atoms with Crippen LogP contribution in [0.1, 0.15) is 20.3 Å². The zero-order valence-corrected chi connectivity index (χ0v) is 6.13. The highest BCUT2D eigenvalue weighted by molar-refractivity contribution is 5.84. The summed E-state index contributed by atoms with van der Waals surface area (Å²) in [6.45, 7) is 3.35. The normalized spacial score (nSPS) is 11.2. The smallest absolute Gasteiger partial charge is 0.305 e. The van der Waals surface area contributed by atoms with Gasteiger partial charge < -0.3 is 9.94 Å². The Morgan fingerprint density at radius 1 is 1.70 bits per heavy atom. The van der Waals surface area contributed by atoms with Gasteiger partial charge in [0.25, 0.3) is 0 Å². The van der Waals surface area contributed by atoms with Crippen molar-refractivity contribution >= 4 is 11.7 Å². The maximum atomic E-state index is 10.5. The molecule has 0 aliphatic carbocycles. The van der Waals surface area contributed by atoms with Gasteiger partial charge in [-0.15, -0.1) is 0 Å². The lowest BCUT2D eigenvalue weighted by Crippen LogP contribution is -2.10. The minimum Gasteiger partial charge on any atom is -0.459 e. The number of ether oxygens (including phenoxy) is 1. The van der Waals surface area contributed by atoms with E-state index in [-0.39, 0.29) is 12.6 Å². The van der Waals surface area contributed by atoms with Gasteiger partial charge in [0.1, 0.15) is 6.61 Å². The van der Waals surface area contributed by atoms with E-state index in [2.05, 4.69) is 9.89 Å². The molecule has 0 saturated heterocycles. The minimum atomic E-state index is -0.289. The highest BCUT2D eigenvalue weighted by Crippen LogP contribution is 1.85. The first-order valence-corrected chi connectivity index (χ1v) is 3.03. The Morgan fingerprint density at radius 3 is 2.70 bits per heavy atom. The fourth-order valence-electron chi connectivity index (χ4n) is 0.316. The summed E-state index contributed by atoms with van der Waals surface area (Å²) in [5, 5.41) is 11.0. The predicted octanol–water partition coefficient (Wildman–Crippen LogP) is 0.790. The third-order valence-corrected chi connectivity index (χ3v) is 0.901. The minimum absolute atomic E-state index is 0.0726. The van der Waals surface area contributed by atoms with Crippen molar-refractivity contribution in [2.45, 2.75) is 20.3 Å². The van der Waals surface area contributed by atoms with Gasteiger partial charge in [-0.3, -0.25) is 4.79 Å². The molecule has 4 nitrogen and oxygen atoms in total. The van der Waals surface area contributed by atoms with E-state index in [0.29, 0.717) is 12.1 Å². The van der Waals surface area contributed by atoms with Gasteiger partial charge in [0.15, 0.2) is 0 Å². The standard InChI is InChI=1S/C6H11NO3/c1-3-6(8)10-4-5(2)7-9/h9H,3-4H2,1-2H3. The van der Waals surface area contributed by atoms with E-state index in [0.717, 1.165) is 0 Å². The number of rotatable bonds is 3. The van der Waals surface area contributed by atoms with Crippen molar-refractivity contribution in [3.05, 3.63) is 0 Å². The Labute approximate surface area is 59.5 Å². The molecular formula is C6H11NO3. The summed E-state index contributed by atoms with van der Waals surface area (Å²) in [5.41, 5.74) is 0.391. The average molecular weight is 145 g/mol. The van der Waals surface area contributed by atoms with Crippen molar-refractivity contribution in [3.63, 3.8) is 0 Å². The molecule has 0 aromatic heterocycles. The fraction of sp³-hybridized carbons (Fsp3) is 0.667. The van der Waals surface area contributed by atoms with E-state index in [1.165, 1.54) is 0 Å². The van der Waals surface area contributed by atoms with Crippen LogP contribution in [0.3, 0.4) is 0 Å². The number of esters is 1. The second-order valence-electron chi connectivity index (χ2n) is 1.85.